The number of carbonyl (C=O) groups is 1. The number of halogens is 1. The number of nitro groups is 1. The molecule has 1 saturated carbocycles. The highest BCUT2D eigenvalue weighted by Gasteiger charge is 2.40. The van der Waals surface area contributed by atoms with Gasteiger partial charge in [0.2, 0.25) is 0 Å². The van der Waals surface area contributed by atoms with E-state index in [1.54, 1.807) is 11.0 Å². The fourth-order valence-electron chi connectivity index (χ4n) is 3.83. The molecule has 3 unspecified atom stereocenters. The number of fused-ring (bicyclic) bond motifs is 1. The van der Waals surface area contributed by atoms with Crippen molar-refractivity contribution in [1.82, 2.24) is 4.90 Å². The molecule has 2 N–H and O–H groups in total. The van der Waals surface area contributed by atoms with Crippen molar-refractivity contribution in [2.75, 3.05) is 20.2 Å². The summed E-state index contributed by atoms with van der Waals surface area (Å²) in [5.74, 6) is 0.790. The normalized spacial score (nSPS) is 25.6. The van der Waals surface area contributed by atoms with Crippen molar-refractivity contribution in [2.24, 2.45) is 17.6 Å². The van der Waals surface area contributed by atoms with Gasteiger partial charge in [-0.15, -0.1) is 12.4 Å². The summed E-state index contributed by atoms with van der Waals surface area (Å²) in [5, 5.41) is 11.1. The number of amides is 1. The van der Waals surface area contributed by atoms with Crippen LogP contribution in [0.25, 0.3) is 0 Å². The van der Waals surface area contributed by atoms with Crippen molar-refractivity contribution in [3.8, 4) is 5.75 Å². The number of methoxy groups -OCH3 is 1. The second-order valence-electron chi connectivity index (χ2n) is 6.37. The molecule has 7 nitrogen and oxygen atoms in total. The Bertz CT molecular complexity index is 640. The number of hydrogen-bond acceptors (Lipinski definition) is 5. The number of hydrogen-bond donors (Lipinski definition) is 1. The third-order valence-corrected chi connectivity index (χ3v) is 5.06. The van der Waals surface area contributed by atoms with E-state index < -0.39 is 4.92 Å². The number of nitrogens with two attached hydrogens (primary N) is 1. The van der Waals surface area contributed by atoms with E-state index in [9.17, 15) is 14.9 Å². The van der Waals surface area contributed by atoms with Gasteiger partial charge in [-0.25, -0.2) is 0 Å². The van der Waals surface area contributed by atoms with Gasteiger partial charge in [-0.3, -0.25) is 14.9 Å². The topological polar surface area (TPSA) is 98.7 Å². The van der Waals surface area contributed by atoms with Crippen molar-refractivity contribution in [2.45, 2.75) is 25.3 Å². The summed E-state index contributed by atoms with van der Waals surface area (Å²) in [5.41, 5.74) is 6.31. The first-order valence-corrected chi connectivity index (χ1v) is 7.88. The van der Waals surface area contributed by atoms with E-state index >= 15 is 0 Å². The minimum atomic E-state index is -0.532. The molecule has 1 aromatic carbocycles. The molecule has 24 heavy (non-hydrogen) atoms. The maximum atomic E-state index is 12.7. The molecule has 0 bridgehead atoms. The molecule has 1 amide bonds. The van der Waals surface area contributed by atoms with Crippen LogP contribution in [0.5, 0.6) is 5.75 Å². The summed E-state index contributed by atoms with van der Waals surface area (Å²) in [7, 11) is 1.37. The van der Waals surface area contributed by atoms with Crippen LogP contribution in [0.2, 0.25) is 0 Å². The molecule has 132 valence electrons. The monoisotopic (exact) mass is 355 g/mol. The van der Waals surface area contributed by atoms with Crippen LogP contribution in [-0.2, 0) is 0 Å². The maximum absolute atomic E-state index is 12.7. The van der Waals surface area contributed by atoms with Crippen LogP contribution in [-0.4, -0.2) is 42.0 Å². The van der Waals surface area contributed by atoms with E-state index in [2.05, 4.69) is 0 Å². The van der Waals surface area contributed by atoms with E-state index in [0.717, 1.165) is 19.3 Å². The van der Waals surface area contributed by atoms with Crippen LogP contribution >= 0.6 is 12.4 Å². The highest BCUT2D eigenvalue weighted by atomic mass is 35.5. The van der Waals surface area contributed by atoms with E-state index in [-0.39, 0.29) is 35.8 Å². The van der Waals surface area contributed by atoms with Gasteiger partial charge in [-0.05, 0) is 36.8 Å². The Morgan fingerprint density at radius 2 is 2.12 bits per heavy atom. The average molecular weight is 356 g/mol. The Kier molecular flexibility index (Phi) is 5.66. The van der Waals surface area contributed by atoms with Crippen LogP contribution < -0.4 is 10.5 Å². The summed E-state index contributed by atoms with van der Waals surface area (Å²) >= 11 is 0. The van der Waals surface area contributed by atoms with Crippen LogP contribution in [0.15, 0.2) is 18.2 Å². The van der Waals surface area contributed by atoms with Gasteiger partial charge >= 0.3 is 5.69 Å². The largest absolute Gasteiger partial charge is 0.490 e. The molecule has 8 heteroatoms. The Hall–Kier alpha value is -1.86. The molecule has 3 atom stereocenters. The molecule has 2 aliphatic rings. The number of benzene rings is 1. The number of likely N-dealkylation sites (tertiary alicyclic amines) is 1. The lowest BCUT2D eigenvalue weighted by molar-refractivity contribution is -0.385. The first-order valence-electron chi connectivity index (χ1n) is 7.88. The third-order valence-electron chi connectivity index (χ3n) is 5.06. The predicted octanol–water partition coefficient (Wildman–Crippen LogP) is 2.22. The number of nitro benzene ring substituents is 1. The maximum Gasteiger partial charge on any atom is 0.311 e. The zero-order valence-corrected chi connectivity index (χ0v) is 14.3. The lowest BCUT2D eigenvalue weighted by Gasteiger charge is -2.29. The van der Waals surface area contributed by atoms with Gasteiger partial charge in [0.15, 0.2) is 5.75 Å². The van der Waals surface area contributed by atoms with Crippen molar-refractivity contribution >= 4 is 24.0 Å². The number of carbonyl (C=O) groups excluding carboxylic acids is 1. The summed E-state index contributed by atoms with van der Waals surface area (Å²) in [6.45, 7) is 1.33. The zero-order chi connectivity index (χ0) is 16.6. The van der Waals surface area contributed by atoms with Gasteiger partial charge in [0.05, 0.1) is 12.0 Å². The van der Waals surface area contributed by atoms with Crippen molar-refractivity contribution in [3.05, 3.63) is 33.9 Å². The molecule has 1 heterocycles. The van der Waals surface area contributed by atoms with E-state index in [0.29, 0.717) is 30.5 Å². The molecule has 0 spiro atoms. The summed E-state index contributed by atoms with van der Waals surface area (Å²) in [6.07, 6.45) is 3.22. The molecule has 0 aromatic heterocycles. The van der Waals surface area contributed by atoms with E-state index in [1.165, 1.54) is 19.2 Å². The van der Waals surface area contributed by atoms with Gasteiger partial charge in [0.1, 0.15) is 0 Å². The van der Waals surface area contributed by atoms with Crippen molar-refractivity contribution in [1.29, 1.82) is 0 Å². The number of ether oxygens (including phenoxy) is 1. The Morgan fingerprint density at radius 1 is 1.38 bits per heavy atom. The lowest BCUT2D eigenvalue weighted by atomic mass is 9.78. The average Bonchev–Trinajstić information content (AvgIpc) is 2.99. The first-order chi connectivity index (χ1) is 11.0. The molecule has 3 rings (SSSR count). The highest BCUT2D eigenvalue weighted by molar-refractivity contribution is 5.95. The van der Waals surface area contributed by atoms with Crippen molar-refractivity contribution < 1.29 is 14.5 Å². The second kappa shape index (κ2) is 7.36. The molecular weight excluding hydrogens is 334 g/mol. The second-order valence-corrected chi connectivity index (χ2v) is 6.37. The first kappa shape index (κ1) is 18.5. The van der Waals surface area contributed by atoms with E-state index in [4.69, 9.17) is 10.5 Å². The molecular formula is C16H22ClN3O4. The lowest BCUT2D eigenvalue weighted by Crippen LogP contribution is -2.38. The fourth-order valence-corrected chi connectivity index (χ4v) is 3.83. The number of nitrogens with zero attached hydrogens (tertiary/aromatic N) is 2. The molecule has 1 aliphatic carbocycles. The van der Waals surface area contributed by atoms with Crippen molar-refractivity contribution in [3.63, 3.8) is 0 Å². The van der Waals surface area contributed by atoms with Crippen LogP contribution in [0.3, 0.4) is 0 Å². The quantitative estimate of drug-likeness (QED) is 0.662. The predicted molar refractivity (Wildman–Crippen MR) is 91.6 cm³/mol. The molecule has 2 fully saturated rings. The summed E-state index contributed by atoms with van der Waals surface area (Å²) in [4.78, 5) is 25.1. The summed E-state index contributed by atoms with van der Waals surface area (Å²) < 4.78 is 4.97. The molecule has 1 aliphatic heterocycles. The molecule has 0 radical (unpaired) electrons. The van der Waals surface area contributed by atoms with Crippen LogP contribution in [0.4, 0.5) is 5.69 Å². The van der Waals surface area contributed by atoms with Gasteiger partial charge in [0, 0.05) is 30.8 Å². The Morgan fingerprint density at radius 3 is 2.75 bits per heavy atom. The smallest absolute Gasteiger partial charge is 0.311 e. The third kappa shape index (κ3) is 3.32. The SMILES string of the molecule is COc1ccc(C(=O)N2CC3CCCC(N)C3C2)cc1[N+](=O)[O-].Cl. The molecule has 1 aromatic rings. The van der Waals surface area contributed by atoms with Crippen LogP contribution in [0, 0.1) is 22.0 Å². The highest BCUT2D eigenvalue weighted by Crippen LogP contribution is 2.36. The van der Waals surface area contributed by atoms with Gasteiger partial charge in [-0.1, -0.05) is 6.42 Å². The summed E-state index contributed by atoms with van der Waals surface area (Å²) in [6, 6.07) is 4.50. The standard InChI is InChI=1S/C16H21N3O4.ClH/c1-23-15-6-5-10(7-14(15)19(21)22)16(20)18-8-11-3-2-4-13(17)12(11)9-18;/h5-7,11-13H,2-4,8-9,17H2,1H3;1H. The fraction of sp³-hybridized carbons (Fsp3) is 0.562. The zero-order valence-electron chi connectivity index (χ0n) is 13.5. The Labute approximate surface area is 146 Å². The minimum absolute atomic E-state index is 0. The number of rotatable bonds is 3. The molecule has 1 saturated heterocycles. The van der Waals surface area contributed by atoms with E-state index in [1.807, 2.05) is 0 Å². The Balaban J connectivity index is 0.00000208. The van der Waals surface area contributed by atoms with Gasteiger partial charge in [-0.2, -0.15) is 0 Å². The minimum Gasteiger partial charge on any atom is -0.490 e. The van der Waals surface area contributed by atoms with Crippen LogP contribution in [0.1, 0.15) is 29.6 Å². The van der Waals surface area contributed by atoms with Gasteiger partial charge < -0.3 is 15.4 Å². The van der Waals surface area contributed by atoms with Gasteiger partial charge in [0.25, 0.3) is 5.91 Å².